The van der Waals surface area contributed by atoms with Crippen molar-refractivity contribution in [1.82, 2.24) is 14.7 Å². The van der Waals surface area contributed by atoms with Crippen molar-refractivity contribution in [3.63, 3.8) is 0 Å². The summed E-state index contributed by atoms with van der Waals surface area (Å²) in [4.78, 5) is 7.38. The molecule has 3 aromatic rings. The third kappa shape index (κ3) is 2.78. The first-order chi connectivity index (χ1) is 9.95. The Balaban J connectivity index is 1.89. The smallest absolute Gasteiger partial charge is 0.243 e. The molecule has 0 saturated carbocycles. The Hall–Kier alpha value is -1.90. The zero-order chi connectivity index (χ0) is 15.0. The molecule has 0 fully saturated rings. The third-order valence-electron chi connectivity index (χ3n) is 3.04. The molecule has 0 aliphatic rings. The van der Waals surface area contributed by atoms with E-state index in [0.29, 0.717) is 16.6 Å². The van der Waals surface area contributed by atoms with Gasteiger partial charge in [-0.3, -0.25) is 0 Å². The van der Waals surface area contributed by atoms with E-state index in [1.54, 1.807) is 18.2 Å². The predicted octanol–water partition coefficient (Wildman–Crippen LogP) is 1.99. The molecule has 0 spiro atoms. The van der Waals surface area contributed by atoms with E-state index in [9.17, 15) is 8.42 Å². The van der Waals surface area contributed by atoms with Gasteiger partial charge in [0, 0.05) is 33.9 Å². The number of hydrogen-bond donors (Lipinski definition) is 3. The second kappa shape index (κ2) is 5.14. The third-order valence-corrected chi connectivity index (χ3v) is 5.45. The summed E-state index contributed by atoms with van der Waals surface area (Å²) in [5.74, 6) is 0. The van der Waals surface area contributed by atoms with Gasteiger partial charge in [-0.25, -0.2) is 18.1 Å². The molecule has 3 rings (SSSR count). The standard InChI is InChI=1S/C13H14N4O2S2/c1-8-7-20-13(17-8)6-16-21(18,19)12-5-15-11-4-9(14)2-3-10(11)12/h2-5,7,15-16H,6,14H2,1H3. The Kier molecular flexibility index (Phi) is 3.44. The number of nitrogens with zero attached hydrogens (tertiary/aromatic N) is 1. The van der Waals surface area contributed by atoms with Gasteiger partial charge in [-0.15, -0.1) is 11.3 Å². The van der Waals surface area contributed by atoms with E-state index in [-0.39, 0.29) is 11.4 Å². The number of rotatable bonds is 4. The second-order valence-corrected chi connectivity index (χ2v) is 7.34. The fraction of sp³-hybridized carbons (Fsp3) is 0.154. The van der Waals surface area contributed by atoms with Gasteiger partial charge in [0.15, 0.2) is 0 Å². The van der Waals surface area contributed by atoms with Crippen LogP contribution in [0.2, 0.25) is 0 Å². The molecule has 0 bridgehead atoms. The van der Waals surface area contributed by atoms with E-state index in [4.69, 9.17) is 5.73 Å². The van der Waals surface area contributed by atoms with Crippen LogP contribution in [0.25, 0.3) is 10.9 Å². The fourth-order valence-corrected chi connectivity index (χ4v) is 4.02. The van der Waals surface area contributed by atoms with Gasteiger partial charge >= 0.3 is 0 Å². The van der Waals surface area contributed by atoms with Crippen LogP contribution in [0.3, 0.4) is 0 Å². The van der Waals surface area contributed by atoms with Crippen molar-refractivity contribution in [2.24, 2.45) is 0 Å². The first-order valence-corrected chi connectivity index (χ1v) is 8.59. The highest BCUT2D eigenvalue weighted by Crippen LogP contribution is 2.24. The molecule has 0 atom stereocenters. The summed E-state index contributed by atoms with van der Waals surface area (Å²) >= 11 is 1.43. The molecule has 0 saturated heterocycles. The van der Waals surface area contributed by atoms with E-state index in [1.165, 1.54) is 17.5 Å². The predicted molar refractivity (Wildman–Crippen MR) is 83.6 cm³/mol. The van der Waals surface area contributed by atoms with Crippen LogP contribution in [-0.4, -0.2) is 18.4 Å². The largest absolute Gasteiger partial charge is 0.399 e. The molecule has 0 aliphatic carbocycles. The van der Waals surface area contributed by atoms with Crippen LogP contribution < -0.4 is 10.5 Å². The number of fused-ring (bicyclic) bond motifs is 1. The van der Waals surface area contributed by atoms with Crippen LogP contribution in [0.15, 0.2) is 34.7 Å². The number of aromatic nitrogens is 2. The lowest BCUT2D eigenvalue weighted by molar-refractivity contribution is 0.582. The van der Waals surface area contributed by atoms with Crippen LogP contribution >= 0.6 is 11.3 Å². The molecule has 2 heterocycles. The topological polar surface area (TPSA) is 101 Å². The van der Waals surface area contributed by atoms with Crippen molar-refractivity contribution in [3.8, 4) is 0 Å². The van der Waals surface area contributed by atoms with Crippen molar-refractivity contribution in [2.45, 2.75) is 18.4 Å². The van der Waals surface area contributed by atoms with Crippen LogP contribution in [0.4, 0.5) is 5.69 Å². The summed E-state index contributed by atoms with van der Waals surface area (Å²) in [5.41, 5.74) is 7.85. The normalized spacial score (nSPS) is 12.0. The molecule has 0 radical (unpaired) electrons. The van der Waals surface area contributed by atoms with Gasteiger partial charge in [-0.1, -0.05) is 0 Å². The van der Waals surface area contributed by atoms with Gasteiger partial charge in [0.2, 0.25) is 10.0 Å². The van der Waals surface area contributed by atoms with Gasteiger partial charge in [-0.05, 0) is 25.1 Å². The van der Waals surface area contributed by atoms with Gasteiger partial charge in [0.05, 0.1) is 6.54 Å². The summed E-state index contributed by atoms with van der Waals surface area (Å²) in [6.45, 7) is 2.06. The Bertz CT molecular complexity index is 896. The highest BCUT2D eigenvalue weighted by molar-refractivity contribution is 7.89. The number of sulfonamides is 1. The van der Waals surface area contributed by atoms with E-state index in [1.807, 2.05) is 12.3 Å². The number of hydrogen-bond acceptors (Lipinski definition) is 5. The van der Waals surface area contributed by atoms with Crippen LogP contribution in [0.5, 0.6) is 0 Å². The minimum Gasteiger partial charge on any atom is -0.399 e. The van der Waals surface area contributed by atoms with Crippen molar-refractivity contribution in [3.05, 3.63) is 40.5 Å². The first kappa shape index (κ1) is 14.1. The zero-order valence-electron chi connectivity index (χ0n) is 11.3. The molecule has 2 aromatic heterocycles. The minimum atomic E-state index is -3.60. The Morgan fingerprint density at radius 1 is 1.43 bits per heavy atom. The Morgan fingerprint density at radius 3 is 2.95 bits per heavy atom. The van der Waals surface area contributed by atoms with Gasteiger partial charge in [-0.2, -0.15) is 0 Å². The lowest BCUT2D eigenvalue weighted by Crippen LogP contribution is -2.23. The Morgan fingerprint density at radius 2 is 2.24 bits per heavy atom. The fourth-order valence-electron chi connectivity index (χ4n) is 2.06. The minimum absolute atomic E-state index is 0.183. The number of nitrogens with one attached hydrogen (secondary N) is 2. The maximum Gasteiger partial charge on any atom is 0.243 e. The number of benzene rings is 1. The SMILES string of the molecule is Cc1csc(CNS(=O)(=O)c2c[nH]c3cc(N)ccc23)n1. The summed E-state index contributed by atoms with van der Waals surface area (Å²) in [7, 11) is -3.60. The van der Waals surface area contributed by atoms with E-state index >= 15 is 0 Å². The molecule has 4 N–H and O–H groups in total. The summed E-state index contributed by atoms with van der Waals surface area (Å²) in [6, 6.07) is 5.08. The molecule has 110 valence electrons. The number of nitrogen functional groups attached to an aromatic ring is 1. The van der Waals surface area contributed by atoms with Gasteiger partial charge < -0.3 is 10.7 Å². The van der Waals surface area contributed by atoms with E-state index in [0.717, 1.165) is 10.7 Å². The lowest BCUT2D eigenvalue weighted by atomic mass is 10.2. The van der Waals surface area contributed by atoms with Crippen LogP contribution in [-0.2, 0) is 16.6 Å². The molecule has 6 nitrogen and oxygen atoms in total. The number of nitrogens with two attached hydrogens (primary N) is 1. The number of aryl methyl sites for hydroxylation is 1. The molecular weight excluding hydrogens is 308 g/mol. The highest BCUT2D eigenvalue weighted by Gasteiger charge is 2.19. The van der Waals surface area contributed by atoms with E-state index < -0.39 is 10.0 Å². The Labute approximate surface area is 126 Å². The van der Waals surface area contributed by atoms with Crippen LogP contribution in [0, 0.1) is 6.92 Å². The van der Waals surface area contributed by atoms with Crippen molar-refractivity contribution >= 4 is 38.0 Å². The van der Waals surface area contributed by atoms with Crippen LogP contribution in [0.1, 0.15) is 10.7 Å². The first-order valence-electron chi connectivity index (χ1n) is 6.23. The number of anilines is 1. The van der Waals surface area contributed by atoms with Crippen molar-refractivity contribution in [2.75, 3.05) is 5.73 Å². The molecule has 1 aromatic carbocycles. The summed E-state index contributed by atoms with van der Waals surface area (Å²) < 4.78 is 27.3. The maximum absolute atomic E-state index is 12.4. The summed E-state index contributed by atoms with van der Waals surface area (Å²) in [6.07, 6.45) is 1.47. The number of thiazole rings is 1. The van der Waals surface area contributed by atoms with Crippen molar-refractivity contribution < 1.29 is 8.42 Å². The summed E-state index contributed by atoms with van der Waals surface area (Å²) in [5, 5.41) is 3.24. The lowest BCUT2D eigenvalue weighted by Gasteiger charge is -2.04. The zero-order valence-corrected chi connectivity index (χ0v) is 12.9. The van der Waals surface area contributed by atoms with Crippen molar-refractivity contribution in [1.29, 1.82) is 0 Å². The van der Waals surface area contributed by atoms with Gasteiger partial charge in [0.25, 0.3) is 0 Å². The molecule has 0 unspecified atom stereocenters. The van der Waals surface area contributed by atoms with Gasteiger partial charge in [0.1, 0.15) is 9.90 Å². The average molecular weight is 322 g/mol. The number of aromatic amines is 1. The second-order valence-electron chi connectivity index (χ2n) is 4.67. The monoisotopic (exact) mass is 322 g/mol. The maximum atomic E-state index is 12.4. The quantitative estimate of drug-likeness (QED) is 0.639. The molecule has 0 amide bonds. The average Bonchev–Trinajstić information content (AvgIpc) is 3.02. The molecule has 21 heavy (non-hydrogen) atoms. The molecule has 8 heteroatoms. The number of H-pyrrole nitrogens is 1. The molecular formula is C13H14N4O2S2. The molecule has 0 aliphatic heterocycles. The van der Waals surface area contributed by atoms with E-state index in [2.05, 4.69) is 14.7 Å². The highest BCUT2D eigenvalue weighted by atomic mass is 32.2.